The molecule has 0 spiro atoms. The van der Waals surface area contributed by atoms with E-state index in [0.29, 0.717) is 36.4 Å². The number of nitrogens with one attached hydrogen (secondary N) is 1. The van der Waals surface area contributed by atoms with Crippen LogP contribution in [0.5, 0.6) is 5.75 Å². The Morgan fingerprint density at radius 3 is 2.37 bits per heavy atom. The smallest absolute Gasteiger partial charge is 0.490 e. The molecule has 2 aromatic rings. The minimum absolute atomic E-state index is 0.0252. The number of rotatable bonds is 7. The van der Waals surface area contributed by atoms with E-state index in [2.05, 4.69) is 5.32 Å². The maximum absolute atomic E-state index is 13.5. The number of phenols is 1. The Bertz CT molecular complexity index is 1650. The fraction of sp³-hybridized carbons (Fsp3) is 0.286. The molecule has 6 N–H and O–H groups in total. The lowest BCUT2D eigenvalue weighted by atomic mass is 10.0. The van der Waals surface area contributed by atoms with Gasteiger partial charge in [-0.15, -0.1) is 11.8 Å². The number of nitrogens with zero attached hydrogens (tertiary/aromatic N) is 3. The van der Waals surface area contributed by atoms with E-state index in [9.17, 15) is 47.0 Å². The first-order chi connectivity index (χ1) is 21.6. The summed E-state index contributed by atoms with van der Waals surface area (Å²) in [5.41, 5.74) is 7.64. The van der Waals surface area contributed by atoms with Crippen molar-refractivity contribution in [1.82, 2.24) is 9.80 Å². The molecule has 0 unspecified atom stereocenters. The van der Waals surface area contributed by atoms with Gasteiger partial charge in [0.05, 0.1) is 0 Å². The second-order valence-electron chi connectivity index (χ2n) is 10.2. The number of carbonyl (C=O) groups excluding carboxylic acids is 3. The summed E-state index contributed by atoms with van der Waals surface area (Å²) in [6, 6.07) is 6.42. The normalized spacial score (nSPS) is 20.2. The molecule has 244 valence electrons. The highest BCUT2D eigenvalue weighted by Gasteiger charge is 2.51. The highest BCUT2D eigenvalue weighted by atomic mass is 32.2. The predicted molar refractivity (Wildman–Crippen MR) is 151 cm³/mol. The standard InChI is InChI=1S/C26H24FN5O6S.C2HF3O2/c27-18-10-17(1-2-19(18)33)29-20(34)12-30-6-3-14(4-7-30)11-31-8-5-15(23(31)35)9-16-13-39-25-21(28)24(36)32(25)22(16)26(37)38;3-2(4,5)1(6)7/h1-4,6-7,9-10,21,25H,5,8,11-13,28H2,(H2-,29,33,34,37,38);(H,6,7)/p+1/b15-9+;/t21-,25-;/m1./s1. The number of carboxylic acid groups (broad SMARTS) is 2. The Balaban J connectivity index is 0.000000617. The predicted octanol–water partition coefficient (Wildman–Crippen LogP) is 1.33. The van der Waals surface area contributed by atoms with Crippen molar-refractivity contribution in [2.75, 3.05) is 17.6 Å². The number of carbonyl (C=O) groups is 5. The van der Waals surface area contributed by atoms with Gasteiger partial charge in [0.15, 0.2) is 24.0 Å². The maximum Gasteiger partial charge on any atom is 0.490 e. The molecular weight excluding hydrogens is 642 g/mol. The fourth-order valence-corrected chi connectivity index (χ4v) is 5.94. The molecule has 4 heterocycles. The van der Waals surface area contributed by atoms with Gasteiger partial charge in [-0.3, -0.25) is 19.3 Å². The third-order valence-electron chi connectivity index (χ3n) is 6.94. The Kier molecular flexibility index (Phi) is 10.0. The second kappa shape index (κ2) is 13.6. The number of likely N-dealkylation sites (tertiary alicyclic amines) is 1. The molecule has 3 aliphatic heterocycles. The molecular formula is C28H26F4N5O8S+. The van der Waals surface area contributed by atoms with Crippen molar-refractivity contribution in [3.8, 4) is 5.75 Å². The molecule has 2 fully saturated rings. The lowest BCUT2D eigenvalue weighted by Gasteiger charge is -2.47. The van der Waals surface area contributed by atoms with E-state index >= 15 is 0 Å². The van der Waals surface area contributed by atoms with Crippen molar-refractivity contribution in [1.29, 1.82) is 0 Å². The number of pyridine rings is 1. The lowest BCUT2D eigenvalue weighted by Crippen LogP contribution is -2.68. The number of hydrogen-bond donors (Lipinski definition) is 5. The monoisotopic (exact) mass is 668 g/mol. The number of allylic oxidation sites excluding steroid dienone is 1. The molecule has 0 saturated carbocycles. The lowest BCUT2D eigenvalue weighted by molar-refractivity contribution is -0.684. The van der Waals surface area contributed by atoms with Crippen LogP contribution in [0.25, 0.3) is 0 Å². The molecule has 5 rings (SSSR count). The summed E-state index contributed by atoms with van der Waals surface area (Å²) < 4.78 is 46.8. The van der Waals surface area contributed by atoms with Crippen molar-refractivity contribution in [3.05, 3.63) is 77.0 Å². The van der Waals surface area contributed by atoms with Gasteiger partial charge < -0.3 is 31.3 Å². The summed E-state index contributed by atoms with van der Waals surface area (Å²) in [5.74, 6) is -6.00. The van der Waals surface area contributed by atoms with Crippen molar-refractivity contribution >= 4 is 47.1 Å². The summed E-state index contributed by atoms with van der Waals surface area (Å²) in [7, 11) is 0. The topological polar surface area (TPSA) is 194 Å². The van der Waals surface area contributed by atoms with Crippen molar-refractivity contribution in [3.63, 3.8) is 0 Å². The van der Waals surface area contributed by atoms with Crippen LogP contribution < -0.4 is 15.6 Å². The number of β-lactam (4-membered cyclic amide) rings is 1. The third kappa shape index (κ3) is 7.63. The van der Waals surface area contributed by atoms with Crippen LogP contribution in [-0.4, -0.2) is 84.7 Å². The molecule has 3 aliphatic rings. The summed E-state index contributed by atoms with van der Waals surface area (Å²) in [6.45, 7) is 0.768. The second-order valence-corrected chi connectivity index (χ2v) is 11.3. The van der Waals surface area contributed by atoms with Crippen LogP contribution in [0, 0.1) is 5.82 Å². The molecule has 46 heavy (non-hydrogen) atoms. The maximum atomic E-state index is 13.5. The van der Waals surface area contributed by atoms with Crippen LogP contribution in [-0.2, 0) is 37.1 Å². The van der Waals surface area contributed by atoms with E-state index in [-0.39, 0.29) is 29.7 Å². The number of hydrogen-bond acceptors (Lipinski definition) is 8. The van der Waals surface area contributed by atoms with Gasteiger partial charge in [0.25, 0.3) is 5.91 Å². The van der Waals surface area contributed by atoms with E-state index in [1.807, 2.05) is 0 Å². The van der Waals surface area contributed by atoms with Gasteiger partial charge in [0, 0.05) is 48.3 Å². The zero-order valence-electron chi connectivity index (χ0n) is 23.5. The van der Waals surface area contributed by atoms with Crippen molar-refractivity contribution < 1.29 is 61.4 Å². The van der Waals surface area contributed by atoms with Gasteiger partial charge in [0.1, 0.15) is 17.1 Å². The zero-order valence-corrected chi connectivity index (χ0v) is 24.3. The minimum Gasteiger partial charge on any atom is -0.505 e. The van der Waals surface area contributed by atoms with Crippen LogP contribution >= 0.6 is 11.8 Å². The first-order valence-electron chi connectivity index (χ1n) is 13.3. The number of halogens is 4. The highest BCUT2D eigenvalue weighted by molar-refractivity contribution is 8.00. The average Bonchev–Trinajstić information content (AvgIpc) is 3.33. The van der Waals surface area contributed by atoms with Gasteiger partial charge in [-0.25, -0.2) is 14.0 Å². The van der Waals surface area contributed by atoms with E-state index in [4.69, 9.17) is 15.6 Å². The van der Waals surface area contributed by atoms with Crippen molar-refractivity contribution in [2.24, 2.45) is 5.73 Å². The van der Waals surface area contributed by atoms with Crippen LogP contribution in [0.3, 0.4) is 0 Å². The summed E-state index contributed by atoms with van der Waals surface area (Å²) in [5, 5.41) is 28.3. The molecule has 0 bridgehead atoms. The fourth-order valence-electron chi connectivity index (χ4n) is 4.68. The molecule has 1 aromatic heterocycles. The largest absolute Gasteiger partial charge is 0.505 e. The molecule has 2 atom stereocenters. The number of fused-ring (bicyclic) bond motifs is 1. The van der Waals surface area contributed by atoms with Gasteiger partial charge in [-0.2, -0.15) is 17.7 Å². The molecule has 13 nitrogen and oxygen atoms in total. The molecule has 18 heteroatoms. The number of amides is 3. The highest BCUT2D eigenvalue weighted by Crippen LogP contribution is 2.40. The van der Waals surface area contributed by atoms with Gasteiger partial charge in [0.2, 0.25) is 18.4 Å². The van der Waals surface area contributed by atoms with Gasteiger partial charge in [-0.05, 0) is 35.8 Å². The number of anilines is 1. The molecule has 0 radical (unpaired) electrons. The molecule has 3 amide bonds. The third-order valence-corrected chi connectivity index (χ3v) is 8.26. The molecule has 1 aromatic carbocycles. The van der Waals surface area contributed by atoms with E-state index in [0.717, 1.165) is 17.7 Å². The van der Waals surface area contributed by atoms with E-state index in [1.54, 1.807) is 40.1 Å². The minimum atomic E-state index is -5.08. The Hall–Kier alpha value is -4.97. The Morgan fingerprint density at radius 1 is 1.13 bits per heavy atom. The SMILES string of the molecule is N[C@@H]1C(=O)N2C(C(=O)O)=C(/C=C3\CCN(Cc4cc[n+](CC(=O)Nc5ccc(O)c(F)c5)cc4)C3=O)CS[C@H]12.O=C(O)C(F)(F)F. The van der Waals surface area contributed by atoms with Gasteiger partial charge >= 0.3 is 18.1 Å². The first kappa shape index (κ1) is 33.9. The average molecular weight is 669 g/mol. The summed E-state index contributed by atoms with van der Waals surface area (Å²) in [4.78, 5) is 61.1. The van der Waals surface area contributed by atoms with Gasteiger partial charge in [-0.1, -0.05) is 0 Å². The number of thioether (sulfide) groups is 1. The number of aromatic nitrogens is 1. The van der Waals surface area contributed by atoms with Crippen LogP contribution in [0.15, 0.2) is 65.6 Å². The number of aliphatic carboxylic acids is 2. The summed E-state index contributed by atoms with van der Waals surface area (Å²) >= 11 is 1.38. The quantitative estimate of drug-likeness (QED) is 0.0945. The van der Waals surface area contributed by atoms with Crippen LogP contribution in [0.4, 0.5) is 23.2 Å². The van der Waals surface area contributed by atoms with Crippen LogP contribution in [0.1, 0.15) is 12.0 Å². The van der Waals surface area contributed by atoms with E-state index in [1.165, 1.54) is 22.7 Å². The Labute approximate surface area is 261 Å². The molecule has 2 saturated heterocycles. The van der Waals surface area contributed by atoms with Crippen LogP contribution in [0.2, 0.25) is 0 Å². The number of phenolic OH excluding ortho intramolecular Hbond substituents is 1. The number of carboxylic acids is 2. The van der Waals surface area contributed by atoms with Crippen molar-refractivity contribution in [2.45, 2.75) is 37.1 Å². The number of alkyl halides is 3. The summed E-state index contributed by atoms with van der Waals surface area (Å²) in [6.07, 6.45) is 0.335. The first-order valence-corrected chi connectivity index (χ1v) is 14.3. The number of nitrogens with two attached hydrogens (primary N) is 1. The van der Waals surface area contributed by atoms with E-state index < -0.39 is 47.0 Å². The zero-order chi connectivity index (χ0) is 33.9. The number of benzene rings is 1. The number of aromatic hydroxyl groups is 1. The molecule has 0 aliphatic carbocycles. The Morgan fingerprint density at radius 2 is 1.78 bits per heavy atom.